The minimum atomic E-state index is -4.14. The molecule has 0 aromatic heterocycles. The fourth-order valence-corrected chi connectivity index (χ4v) is 1.29. The summed E-state index contributed by atoms with van der Waals surface area (Å²) in [6.07, 6.45) is 0.977. The molecule has 0 aliphatic carbocycles. The molecule has 0 saturated heterocycles. The Morgan fingerprint density at radius 3 is 2.73 bits per heavy atom. The van der Waals surface area contributed by atoms with Gasteiger partial charge in [-0.2, -0.15) is 8.42 Å². The van der Waals surface area contributed by atoms with E-state index in [0.29, 0.717) is 5.75 Å². The van der Waals surface area contributed by atoms with Gasteiger partial charge in [0.1, 0.15) is 12.0 Å². The van der Waals surface area contributed by atoms with Crippen molar-refractivity contribution < 1.29 is 22.5 Å². The molecule has 0 spiro atoms. The summed E-state index contributed by atoms with van der Waals surface area (Å²) in [7, 11) is -4.14. The second-order valence-corrected chi connectivity index (χ2v) is 4.26. The van der Waals surface area contributed by atoms with Crippen LogP contribution in [0.25, 0.3) is 0 Å². The van der Waals surface area contributed by atoms with Gasteiger partial charge in [0, 0.05) is 6.42 Å². The van der Waals surface area contributed by atoms with Crippen LogP contribution in [0.2, 0.25) is 0 Å². The van der Waals surface area contributed by atoms with Crippen molar-refractivity contribution in [2.24, 2.45) is 0 Å². The number of carbonyl (C=O) groups is 1. The lowest BCUT2D eigenvalue weighted by Crippen LogP contribution is -2.10. The second-order valence-electron chi connectivity index (χ2n) is 2.86. The van der Waals surface area contributed by atoms with Gasteiger partial charge in [-0.25, -0.2) is 0 Å². The molecule has 0 fully saturated rings. The van der Waals surface area contributed by atoms with E-state index in [-0.39, 0.29) is 6.42 Å². The second kappa shape index (κ2) is 4.90. The molecule has 0 unspecified atom stereocenters. The third-order valence-corrected chi connectivity index (χ3v) is 2.01. The average molecular weight is 230 g/mol. The average Bonchev–Trinajstić information content (AvgIpc) is 2.15. The van der Waals surface area contributed by atoms with Crippen LogP contribution < -0.4 is 4.74 Å². The van der Waals surface area contributed by atoms with Gasteiger partial charge in [0.15, 0.2) is 0 Å². The van der Waals surface area contributed by atoms with Crippen molar-refractivity contribution in [3.8, 4) is 5.75 Å². The summed E-state index contributed by atoms with van der Waals surface area (Å²) in [5.41, 5.74) is 0.720. The summed E-state index contributed by atoms with van der Waals surface area (Å²) in [6, 6.07) is 6.44. The molecular weight excluding hydrogens is 220 g/mol. The molecule has 1 aromatic rings. The highest BCUT2D eigenvalue weighted by atomic mass is 32.2. The molecule has 0 amide bonds. The molecule has 0 aliphatic heterocycles. The van der Waals surface area contributed by atoms with Gasteiger partial charge in [0.2, 0.25) is 5.94 Å². The van der Waals surface area contributed by atoms with Crippen molar-refractivity contribution in [2.75, 3.05) is 5.94 Å². The van der Waals surface area contributed by atoms with Crippen molar-refractivity contribution in [3.05, 3.63) is 29.8 Å². The van der Waals surface area contributed by atoms with Crippen LogP contribution in [0.3, 0.4) is 0 Å². The third-order valence-electron chi connectivity index (χ3n) is 1.59. The number of hydrogen-bond acceptors (Lipinski definition) is 4. The van der Waals surface area contributed by atoms with E-state index in [0.717, 1.165) is 11.8 Å². The van der Waals surface area contributed by atoms with Crippen LogP contribution >= 0.6 is 0 Å². The first-order chi connectivity index (χ1) is 7.01. The van der Waals surface area contributed by atoms with Gasteiger partial charge in [-0.15, -0.1) is 0 Å². The molecule has 5 nitrogen and oxygen atoms in total. The van der Waals surface area contributed by atoms with Crippen LogP contribution in [0.5, 0.6) is 5.75 Å². The fourth-order valence-electron chi connectivity index (χ4n) is 1.00. The quantitative estimate of drug-likeness (QED) is 0.593. The number of carbonyl (C=O) groups excluding carboxylic acids is 1. The van der Waals surface area contributed by atoms with Crippen LogP contribution in [0.4, 0.5) is 0 Å². The number of hydrogen-bond donors (Lipinski definition) is 1. The molecule has 82 valence electrons. The van der Waals surface area contributed by atoms with Crippen molar-refractivity contribution in [1.82, 2.24) is 0 Å². The first-order valence-corrected chi connectivity index (χ1v) is 5.73. The van der Waals surface area contributed by atoms with Crippen molar-refractivity contribution in [2.45, 2.75) is 6.42 Å². The van der Waals surface area contributed by atoms with Crippen LogP contribution in [-0.4, -0.2) is 25.2 Å². The number of benzene rings is 1. The summed E-state index contributed by atoms with van der Waals surface area (Å²) in [6.45, 7) is 0. The van der Waals surface area contributed by atoms with Gasteiger partial charge in [0.05, 0.1) is 0 Å². The maximum absolute atomic E-state index is 10.4. The lowest BCUT2D eigenvalue weighted by Gasteiger charge is -2.04. The molecule has 0 bridgehead atoms. The van der Waals surface area contributed by atoms with E-state index < -0.39 is 16.1 Å². The maximum Gasteiger partial charge on any atom is 0.300 e. The number of ether oxygens (including phenoxy) is 1. The zero-order valence-electron chi connectivity index (χ0n) is 7.79. The van der Waals surface area contributed by atoms with E-state index in [1.54, 1.807) is 24.3 Å². The Labute approximate surface area is 87.4 Å². The standard InChI is InChI=1S/C9H10O5S/c10-5-4-8-2-1-3-9(6-8)14-7-15(11,12)13/h1-3,5-6H,4,7H2,(H,11,12,13). The highest BCUT2D eigenvalue weighted by molar-refractivity contribution is 7.85. The minimum Gasteiger partial charge on any atom is -0.475 e. The summed E-state index contributed by atoms with van der Waals surface area (Å²) in [5.74, 6) is -0.496. The molecule has 1 N–H and O–H groups in total. The lowest BCUT2D eigenvalue weighted by molar-refractivity contribution is -0.107. The van der Waals surface area contributed by atoms with Gasteiger partial charge >= 0.3 is 10.1 Å². The molecule has 6 heteroatoms. The van der Waals surface area contributed by atoms with E-state index in [1.807, 2.05) is 0 Å². The molecular formula is C9H10O5S. The first-order valence-electron chi connectivity index (χ1n) is 4.12. The van der Waals surface area contributed by atoms with Crippen LogP contribution in [-0.2, 0) is 21.3 Å². The van der Waals surface area contributed by atoms with Crippen LogP contribution in [0.15, 0.2) is 24.3 Å². The molecule has 0 aliphatic rings. The smallest absolute Gasteiger partial charge is 0.300 e. The predicted octanol–water partition coefficient (Wildman–Crippen LogP) is 0.652. The monoisotopic (exact) mass is 230 g/mol. The predicted molar refractivity (Wildman–Crippen MR) is 53.3 cm³/mol. The Kier molecular flexibility index (Phi) is 3.81. The van der Waals surface area contributed by atoms with E-state index in [4.69, 9.17) is 9.29 Å². The van der Waals surface area contributed by atoms with Crippen molar-refractivity contribution in [3.63, 3.8) is 0 Å². The van der Waals surface area contributed by atoms with Gasteiger partial charge in [-0.05, 0) is 17.7 Å². The molecule has 0 radical (unpaired) electrons. The Balaban J connectivity index is 2.69. The van der Waals surface area contributed by atoms with Gasteiger partial charge in [0.25, 0.3) is 0 Å². The van der Waals surface area contributed by atoms with Gasteiger partial charge in [-0.3, -0.25) is 4.55 Å². The lowest BCUT2D eigenvalue weighted by atomic mass is 10.2. The van der Waals surface area contributed by atoms with E-state index >= 15 is 0 Å². The zero-order chi connectivity index (χ0) is 11.3. The largest absolute Gasteiger partial charge is 0.475 e. The molecule has 0 atom stereocenters. The van der Waals surface area contributed by atoms with E-state index in [2.05, 4.69) is 0 Å². The van der Waals surface area contributed by atoms with E-state index in [9.17, 15) is 13.2 Å². The Hall–Kier alpha value is -1.40. The SMILES string of the molecule is O=CCc1cccc(OCS(=O)(=O)O)c1. The fraction of sp³-hybridized carbons (Fsp3) is 0.222. The zero-order valence-corrected chi connectivity index (χ0v) is 8.61. The Bertz CT molecular complexity index is 438. The molecule has 15 heavy (non-hydrogen) atoms. The minimum absolute atomic E-state index is 0.239. The van der Waals surface area contributed by atoms with Crippen molar-refractivity contribution in [1.29, 1.82) is 0 Å². The van der Waals surface area contributed by atoms with Crippen LogP contribution in [0.1, 0.15) is 5.56 Å². The molecule has 1 aromatic carbocycles. The Morgan fingerprint density at radius 2 is 2.13 bits per heavy atom. The molecule has 1 rings (SSSR count). The Morgan fingerprint density at radius 1 is 1.40 bits per heavy atom. The van der Waals surface area contributed by atoms with E-state index in [1.165, 1.54) is 0 Å². The van der Waals surface area contributed by atoms with Gasteiger partial charge in [-0.1, -0.05) is 12.1 Å². The summed E-state index contributed by atoms with van der Waals surface area (Å²) >= 11 is 0. The topological polar surface area (TPSA) is 80.7 Å². The summed E-state index contributed by atoms with van der Waals surface area (Å²) < 4.78 is 34.0. The van der Waals surface area contributed by atoms with Crippen molar-refractivity contribution >= 4 is 16.4 Å². The third kappa shape index (κ3) is 4.57. The molecule has 0 saturated carbocycles. The number of rotatable bonds is 5. The first kappa shape index (κ1) is 11.7. The summed E-state index contributed by atoms with van der Waals surface area (Å²) in [5, 5.41) is 0. The normalized spacial score (nSPS) is 11.0. The molecule has 0 heterocycles. The van der Waals surface area contributed by atoms with Gasteiger partial charge < -0.3 is 9.53 Å². The maximum atomic E-state index is 10.4. The number of aldehydes is 1. The summed E-state index contributed by atoms with van der Waals surface area (Å²) in [4.78, 5) is 10.2. The van der Waals surface area contributed by atoms with Crippen LogP contribution in [0, 0.1) is 0 Å². The highest BCUT2D eigenvalue weighted by Crippen LogP contribution is 2.13. The highest BCUT2D eigenvalue weighted by Gasteiger charge is 2.05.